The van der Waals surface area contributed by atoms with E-state index in [0.717, 1.165) is 12.1 Å². The van der Waals surface area contributed by atoms with Gasteiger partial charge in [0, 0.05) is 18.6 Å². The smallest absolute Gasteiger partial charge is 0.481 e. The molecule has 0 saturated carbocycles. The van der Waals surface area contributed by atoms with Gasteiger partial charge >= 0.3 is 12.3 Å². The van der Waals surface area contributed by atoms with Crippen molar-refractivity contribution in [3.8, 4) is 16.9 Å². The Morgan fingerprint density at radius 3 is 2.32 bits per heavy atom. The highest BCUT2D eigenvalue weighted by Gasteiger charge is 2.31. The van der Waals surface area contributed by atoms with E-state index in [1.807, 2.05) is 0 Å². The van der Waals surface area contributed by atoms with E-state index in [2.05, 4.69) is 4.74 Å². The van der Waals surface area contributed by atoms with Gasteiger partial charge in [-0.2, -0.15) is 0 Å². The van der Waals surface area contributed by atoms with E-state index in [0.29, 0.717) is 16.7 Å². The van der Waals surface area contributed by atoms with Gasteiger partial charge in [-0.25, -0.2) is 0 Å². The molecule has 0 atom stereocenters. The van der Waals surface area contributed by atoms with Gasteiger partial charge in [-0.15, -0.1) is 13.2 Å². The number of nitro benzene ring substituents is 1. The maximum Gasteiger partial charge on any atom is 0.573 e. The number of nitrogens with zero attached hydrogens (tertiary/aromatic N) is 1. The second kappa shape index (κ2) is 7.20. The van der Waals surface area contributed by atoms with Gasteiger partial charge in [-0.1, -0.05) is 12.1 Å². The first kappa shape index (κ1) is 18.2. The predicted molar refractivity (Wildman–Crippen MR) is 81.2 cm³/mol. The van der Waals surface area contributed by atoms with Crippen LogP contribution < -0.4 is 4.74 Å². The highest BCUT2D eigenvalue weighted by atomic mass is 19.4. The van der Waals surface area contributed by atoms with E-state index in [1.165, 1.54) is 30.3 Å². The first-order valence-corrected chi connectivity index (χ1v) is 7.01. The zero-order valence-electron chi connectivity index (χ0n) is 12.6. The average molecular weight is 355 g/mol. The van der Waals surface area contributed by atoms with Gasteiger partial charge in [-0.3, -0.25) is 14.9 Å². The normalized spacial score (nSPS) is 11.2. The maximum absolute atomic E-state index is 12.2. The molecule has 2 aromatic rings. The Bertz CT molecular complexity index is 787. The van der Waals surface area contributed by atoms with E-state index >= 15 is 0 Å². The number of carbonyl (C=O) groups is 1. The lowest BCUT2D eigenvalue weighted by Gasteiger charge is -2.11. The number of alkyl halides is 3. The fourth-order valence-corrected chi connectivity index (χ4v) is 2.26. The number of hydrogen-bond acceptors (Lipinski definition) is 4. The molecule has 0 unspecified atom stereocenters. The summed E-state index contributed by atoms with van der Waals surface area (Å²) in [6.07, 6.45) is -4.99. The van der Waals surface area contributed by atoms with Crippen LogP contribution >= 0.6 is 0 Å². The molecule has 0 saturated heterocycles. The van der Waals surface area contributed by atoms with Gasteiger partial charge in [0.05, 0.1) is 4.92 Å². The van der Waals surface area contributed by atoms with E-state index in [4.69, 9.17) is 5.11 Å². The van der Waals surface area contributed by atoms with Crippen LogP contribution in [0.25, 0.3) is 11.1 Å². The number of nitro groups is 1. The standard InChI is InChI=1S/C16H12F3NO5/c17-16(18,19)25-13-5-1-10(2-6-13)14-7-4-12(20(23)24)9-11(14)3-8-15(21)22/h1-2,4-7,9H,3,8H2,(H,21,22). The lowest BCUT2D eigenvalue weighted by atomic mass is 9.96. The topological polar surface area (TPSA) is 89.7 Å². The molecular weight excluding hydrogens is 343 g/mol. The highest BCUT2D eigenvalue weighted by Crippen LogP contribution is 2.31. The third-order valence-electron chi connectivity index (χ3n) is 3.31. The van der Waals surface area contributed by atoms with Crippen molar-refractivity contribution in [1.29, 1.82) is 0 Å². The Morgan fingerprint density at radius 1 is 1.16 bits per heavy atom. The summed E-state index contributed by atoms with van der Waals surface area (Å²) in [5.74, 6) is -1.46. The van der Waals surface area contributed by atoms with Crippen molar-refractivity contribution >= 4 is 11.7 Å². The Kier molecular flexibility index (Phi) is 5.26. The van der Waals surface area contributed by atoms with Crippen molar-refractivity contribution in [2.24, 2.45) is 0 Å². The number of carboxylic acid groups (broad SMARTS) is 1. The van der Waals surface area contributed by atoms with E-state index in [-0.39, 0.29) is 18.5 Å². The van der Waals surface area contributed by atoms with E-state index in [1.54, 1.807) is 0 Å². The molecule has 9 heteroatoms. The van der Waals surface area contributed by atoms with Crippen molar-refractivity contribution in [2.75, 3.05) is 0 Å². The number of non-ortho nitro benzene ring substituents is 1. The molecule has 6 nitrogen and oxygen atoms in total. The maximum atomic E-state index is 12.2. The number of carboxylic acids is 1. The van der Waals surface area contributed by atoms with Crippen LogP contribution in [0.3, 0.4) is 0 Å². The van der Waals surface area contributed by atoms with Gasteiger partial charge < -0.3 is 9.84 Å². The zero-order valence-corrected chi connectivity index (χ0v) is 12.6. The summed E-state index contributed by atoms with van der Waals surface area (Å²) in [6, 6.07) is 8.92. The van der Waals surface area contributed by atoms with Gasteiger partial charge in [0.25, 0.3) is 5.69 Å². The molecule has 132 valence electrons. The Morgan fingerprint density at radius 2 is 1.80 bits per heavy atom. The molecule has 0 bridgehead atoms. The van der Waals surface area contributed by atoms with Crippen molar-refractivity contribution < 1.29 is 32.7 Å². The van der Waals surface area contributed by atoms with Crippen LogP contribution in [0.5, 0.6) is 5.75 Å². The molecule has 0 aliphatic heterocycles. The summed E-state index contributed by atoms with van der Waals surface area (Å²) in [7, 11) is 0. The summed E-state index contributed by atoms with van der Waals surface area (Å²) in [5.41, 5.74) is 1.22. The Balaban J connectivity index is 2.36. The number of benzene rings is 2. The van der Waals surface area contributed by atoms with Crippen LogP contribution in [-0.4, -0.2) is 22.4 Å². The van der Waals surface area contributed by atoms with Crippen molar-refractivity contribution in [1.82, 2.24) is 0 Å². The molecule has 0 amide bonds. The molecule has 0 heterocycles. The van der Waals surface area contributed by atoms with Crippen LogP contribution in [0.1, 0.15) is 12.0 Å². The largest absolute Gasteiger partial charge is 0.573 e. The van der Waals surface area contributed by atoms with Crippen LogP contribution in [0.4, 0.5) is 18.9 Å². The molecule has 2 aromatic carbocycles. The molecule has 0 aromatic heterocycles. The van der Waals surface area contributed by atoms with E-state index in [9.17, 15) is 28.1 Å². The van der Waals surface area contributed by atoms with Gasteiger partial charge in [0.1, 0.15) is 5.75 Å². The van der Waals surface area contributed by atoms with Gasteiger partial charge in [0.15, 0.2) is 0 Å². The summed E-state index contributed by atoms with van der Waals surface area (Å²) in [5, 5.41) is 19.7. The Hall–Kier alpha value is -3.10. The number of rotatable bonds is 6. The lowest BCUT2D eigenvalue weighted by molar-refractivity contribution is -0.384. The van der Waals surface area contributed by atoms with E-state index < -0.39 is 23.0 Å². The summed E-state index contributed by atoms with van der Waals surface area (Å²) >= 11 is 0. The van der Waals surface area contributed by atoms with Crippen molar-refractivity contribution in [3.05, 3.63) is 58.1 Å². The predicted octanol–water partition coefficient (Wildman–Crippen LogP) is 4.18. The van der Waals surface area contributed by atoms with Crippen LogP contribution in [-0.2, 0) is 11.2 Å². The number of aryl methyl sites for hydroxylation is 1. The molecular formula is C16H12F3NO5. The first-order chi connectivity index (χ1) is 11.7. The summed E-state index contributed by atoms with van der Waals surface area (Å²) < 4.78 is 40.3. The minimum Gasteiger partial charge on any atom is -0.481 e. The highest BCUT2D eigenvalue weighted by molar-refractivity contribution is 5.72. The number of ether oxygens (including phenoxy) is 1. The number of hydrogen-bond donors (Lipinski definition) is 1. The molecule has 0 fully saturated rings. The van der Waals surface area contributed by atoms with Crippen molar-refractivity contribution in [3.63, 3.8) is 0 Å². The fraction of sp³-hybridized carbons (Fsp3) is 0.188. The van der Waals surface area contributed by atoms with Gasteiger partial charge in [-0.05, 0) is 41.3 Å². The third-order valence-corrected chi connectivity index (χ3v) is 3.31. The fourth-order valence-electron chi connectivity index (χ4n) is 2.26. The zero-order chi connectivity index (χ0) is 18.6. The summed E-state index contributed by atoms with van der Waals surface area (Å²) in [4.78, 5) is 21.0. The monoisotopic (exact) mass is 355 g/mol. The summed E-state index contributed by atoms with van der Waals surface area (Å²) in [6.45, 7) is 0. The van der Waals surface area contributed by atoms with Crippen LogP contribution in [0, 0.1) is 10.1 Å². The molecule has 0 spiro atoms. The molecule has 0 aliphatic carbocycles. The third kappa shape index (κ3) is 5.20. The minimum absolute atomic E-state index is 0.0488. The second-order valence-electron chi connectivity index (χ2n) is 5.06. The second-order valence-corrected chi connectivity index (χ2v) is 5.06. The molecule has 25 heavy (non-hydrogen) atoms. The Labute approximate surface area is 139 Å². The molecule has 2 rings (SSSR count). The molecule has 0 radical (unpaired) electrons. The van der Waals surface area contributed by atoms with Crippen LogP contribution in [0.2, 0.25) is 0 Å². The quantitative estimate of drug-likeness (QED) is 0.620. The average Bonchev–Trinajstić information content (AvgIpc) is 2.52. The SMILES string of the molecule is O=C(O)CCc1cc([N+](=O)[O-])ccc1-c1ccc(OC(F)(F)F)cc1. The number of aliphatic carboxylic acids is 1. The number of halogens is 3. The minimum atomic E-state index is -4.80. The molecule has 0 aliphatic rings. The van der Waals surface area contributed by atoms with Crippen LogP contribution in [0.15, 0.2) is 42.5 Å². The lowest BCUT2D eigenvalue weighted by Crippen LogP contribution is -2.16. The van der Waals surface area contributed by atoms with Crippen molar-refractivity contribution in [2.45, 2.75) is 19.2 Å². The first-order valence-electron chi connectivity index (χ1n) is 7.01. The van der Waals surface area contributed by atoms with Gasteiger partial charge in [0.2, 0.25) is 0 Å². The molecule has 1 N–H and O–H groups in total.